The van der Waals surface area contributed by atoms with E-state index in [0.717, 1.165) is 19.5 Å². The first-order chi connectivity index (χ1) is 8.93. The Bertz CT molecular complexity index is 610. The molecule has 0 atom stereocenters. The van der Waals surface area contributed by atoms with E-state index in [1.807, 2.05) is 6.07 Å². The van der Waals surface area contributed by atoms with Gasteiger partial charge in [0.05, 0.1) is 12.5 Å². The van der Waals surface area contributed by atoms with Gasteiger partial charge in [-0.3, -0.25) is 0 Å². The SMILES string of the molecule is c1ccc2c(CCNCc3ccoc3)c[nH]c2c1. The van der Waals surface area contributed by atoms with Gasteiger partial charge in [0.1, 0.15) is 0 Å². The van der Waals surface area contributed by atoms with Gasteiger partial charge in [-0.05, 0) is 30.7 Å². The van der Waals surface area contributed by atoms with Crippen LogP contribution in [-0.4, -0.2) is 11.5 Å². The average Bonchev–Trinajstić information content (AvgIpc) is 3.04. The molecule has 0 fully saturated rings. The third-order valence-corrected chi connectivity index (χ3v) is 3.16. The van der Waals surface area contributed by atoms with Crippen molar-refractivity contribution in [2.24, 2.45) is 0 Å². The molecule has 0 unspecified atom stereocenters. The van der Waals surface area contributed by atoms with E-state index < -0.39 is 0 Å². The van der Waals surface area contributed by atoms with Crippen molar-refractivity contribution in [3.63, 3.8) is 0 Å². The van der Waals surface area contributed by atoms with Crippen molar-refractivity contribution in [1.29, 1.82) is 0 Å². The maximum atomic E-state index is 5.03. The summed E-state index contributed by atoms with van der Waals surface area (Å²) in [6.45, 7) is 1.83. The molecule has 1 aromatic carbocycles. The molecule has 3 nitrogen and oxygen atoms in total. The van der Waals surface area contributed by atoms with Crippen LogP contribution in [0.2, 0.25) is 0 Å². The zero-order chi connectivity index (χ0) is 12.2. The highest BCUT2D eigenvalue weighted by Crippen LogP contribution is 2.17. The van der Waals surface area contributed by atoms with E-state index >= 15 is 0 Å². The van der Waals surface area contributed by atoms with Crippen LogP contribution in [0.5, 0.6) is 0 Å². The van der Waals surface area contributed by atoms with E-state index in [0.29, 0.717) is 0 Å². The Morgan fingerprint density at radius 2 is 2.11 bits per heavy atom. The lowest BCUT2D eigenvalue weighted by Gasteiger charge is -2.02. The summed E-state index contributed by atoms with van der Waals surface area (Å²) in [5, 5.41) is 4.74. The topological polar surface area (TPSA) is 41.0 Å². The zero-order valence-electron chi connectivity index (χ0n) is 10.1. The van der Waals surface area contributed by atoms with Crippen LogP contribution in [0.3, 0.4) is 0 Å². The fraction of sp³-hybridized carbons (Fsp3) is 0.200. The lowest BCUT2D eigenvalue weighted by molar-refractivity contribution is 0.560. The van der Waals surface area contributed by atoms with Crippen molar-refractivity contribution in [3.05, 3.63) is 60.2 Å². The minimum atomic E-state index is 0.860. The maximum absolute atomic E-state index is 5.03. The second-order valence-corrected chi connectivity index (χ2v) is 4.42. The molecule has 0 amide bonds. The van der Waals surface area contributed by atoms with Gasteiger partial charge in [0, 0.05) is 29.2 Å². The first-order valence-electron chi connectivity index (χ1n) is 6.20. The van der Waals surface area contributed by atoms with Gasteiger partial charge in [0.2, 0.25) is 0 Å². The molecule has 2 aromatic heterocycles. The van der Waals surface area contributed by atoms with Gasteiger partial charge < -0.3 is 14.7 Å². The Hall–Kier alpha value is -2.00. The smallest absolute Gasteiger partial charge is 0.0947 e. The third kappa shape index (κ3) is 2.31. The normalized spacial score (nSPS) is 11.1. The zero-order valence-corrected chi connectivity index (χ0v) is 10.1. The molecule has 92 valence electrons. The Kier molecular flexibility index (Phi) is 3.15. The number of aromatic nitrogens is 1. The molecule has 0 saturated carbocycles. The van der Waals surface area contributed by atoms with Gasteiger partial charge in [0.15, 0.2) is 0 Å². The summed E-state index contributed by atoms with van der Waals surface area (Å²) in [4.78, 5) is 3.30. The molecule has 0 saturated heterocycles. The number of rotatable bonds is 5. The van der Waals surface area contributed by atoms with Crippen molar-refractivity contribution in [3.8, 4) is 0 Å². The van der Waals surface area contributed by atoms with E-state index in [1.165, 1.54) is 22.0 Å². The predicted molar refractivity (Wildman–Crippen MR) is 72.4 cm³/mol. The number of aromatic amines is 1. The van der Waals surface area contributed by atoms with Crippen LogP contribution in [0.1, 0.15) is 11.1 Å². The van der Waals surface area contributed by atoms with Crippen molar-refractivity contribution >= 4 is 10.9 Å². The van der Waals surface area contributed by atoms with Gasteiger partial charge in [-0.25, -0.2) is 0 Å². The summed E-state index contributed by atoms with van der Waals surface area (Å²) in [7, 11) is 0. The monoisotopic (exact) mass is 240 g/mol. The number of nitrogens with one attached hydrogen (secondary N) is 2. The van der Waals surface area contributed by atoms with Gasteiger partial charge in [0.25, 0.3) is 0 Å². The van der Waals surface area contributed by atoms with Crippen molar-refractivity contribution < 1.29 is 4.42 Å². The molecule has 0 aliphatic heterocycles. The molecular weight excluding hydrogens is 224 g/mol. The number of hydrogen-bond acceptors (Lipinski definition) is 2. The summed E-state index contributed by atoms with van der Waals surface area (Å²) in [5.41, 5.74) is 3.77. The maximum Gasteiger partial charge on any atom is 0.0947 e. The average molecular weight is 240 g/mol. The summed E-state index contributed by atoms with van der Waals surface area (Å²) in [6.07, 6.45) is 6.61. The van der Waals surface area contributed by atoms with Crippen LogP contribution >= 0.6 is 0 Å². The van der Waals surface area contributed by atoms with Crippen LogP contribution in [-0.2, 0) is 13.0 Å². The summed E-state index contributed by atoms with van der Waals surface area (Å²) in [6, 6.07) is 10.4. The highest BCUT2D eigenvalue weighted by atomic mass is 16.3. The van der Waals surface area contributed by atoms with Crippen molar-refractivity contribution in [2.75, 3.05) is 6.54 Å². The minimum Gasteiger partial charge on any atom is -0.472 e. The largest absolute Gasteiger partial charge is 0.472 e. The van der Waals surface area contributed by atoms with Crippen LogP contribution in [0, 0.1) is 0 Å². The Morgan fingerprint density at radius 1 is 1.17 bits per heavy atom. The van der Waals surface area contributed by atoms with E-state index in [1.54, 1.807) is 12.5 Å². The number of furan rings is 1. The van der Waals surface area contributed by atoms with Crippen LogP contribution in [0.4, 0.5) is 0 Å². The molecule has 0 aliphatic rings. The predicted octanol–water partition coefficient (Wildman–Crippen LogP) is 3.09. The first kappa shape index (κ1) is 11.1. The molecule has 3 heteroatoms. The van der Waals surface area contributed by atoms with Crippen LogP contribution < -0.4 is 5.32 Å². The van der Waals surface area contributed by atoms with Crippen LogP contribution in [0.15, 0.2) is 53.5 Å². The lowest BCUT2D eigenvalue weighted by atomic mass is 10.1. The molecule has 0 aliphatic carbocycles. The van der Waals surface area contributed by atoms with E-state index in [-0.39, 0.29) is 0 Å². The summed E-state index contributed by atoms with van der Waals surface area (Å²) < 4.78 is 5.03. The Labute approximate surface area is 106 Å². The van der Waals surface area contributed by atoms with Gasteiger partial charge in [-0.2, -0.15) is 0 Å². The number of hydrogen-bond donors (Lipinski definition) is 2. The fourth-order valence-corrected chi connectivity index (χ4v) is 2.19. The molecule has 2 heterocycles. The number of benzene rings is 1. The quantitative estimate of drug-likeness (QED) is 0.673. The fourth-order valence-electron chi connectivity index (χ4n) is 2.19. The molecule has 0 bridgehead atoms. The second-order valence-electron chi connectivity index (χ2n) is 4.42. The Balaban J connectivity index is 1.57. The van der Waals surface area contributed by atoms with E-state index in [4.69, 9.17) is 4.42 Å². The highest BCUT2D eigenvalue weighted by molar-refractivity contribution is 5.83. The van der Waals surface area contributed by atoms with Gasteiger partial charge in [-0.15, -0.1) is 0 Å². The van der Waals surface area contributed by atoms with E-state index in [9.17, 15) is 0 Å². The first-order valence-corrected chi connectivity index (χ1v) is 6.20. The molecule has 0 spiro atoms. The number of para-hydroxylation sites is 1. The minimum absolute atomic E-state index is 0.860. The lowest BCUT2D eigenvalue weighted by Crippen LogP contribution is -2.16. The molecule has 3 rings (SSSR count). The molecular formula is C15H16N2O. The number of H-pyrrole nitrogens is 1. The summed E-state index contributed by atoms with van der Waals surface area (Å²) >= 11 is 0. The molecule has 18 heavy (non-hydrogen) atoms. The van der Waals surface area contributed by atoms with E-state index in [2.05, 4.69) is 40.8 Å². The standard InChI is InChI=1S/C15H16N2O/c1-2-4-15-14(3-1)13(10-17-15)5-7-16-9-12-6-8-18-11-12/h1-4,6,8,10-11,16-17H,5,7,9H2. The Morgan fingerprint density at radius 3 is 3.00 bits per heavy atom. The van der Waals surface area contributed by atoms with Crippen molar-refractivity contribution in [1.82, 2.24) is 10.3 Å². The molecule has 3 aromatic rings. The highest BCUT2D eigenvalue weighted by Gasteiger charge is 2.02. The van der Waals surface area contributed by atoms with Crippen LogP contribution in [0.25, 0.3) is 10.9 Å². The van der Waals surface area contributed by atoms with Gasteiger partial charge in [-0.1, -0.05) is 18.2 Å². The number of fused-ring (bicyclic) bond motifs is 1. The summed E-state index contributed by atoms with van der Waals surface area (Å²) in [5.74, 6) is 0. The molecule has 2 N–H and O–H groups in total. The second kappa shape index (κ2) is 5.10. The molecule has 0 radical (unpaired) electrons. The third-order valence-electron chi connectivity index (χ3n) is 3.16. The van der Waals surface area contributed by atoms with Gasteiger partial charge >= 0.3 is 0 Å². The van der Waals surface area contributed by atoms with Crippen molar-refractivity contribution in [2.45, 2.75) is 13.0 Å².